The molecular weight excluding hydrogens is 387 g/mol. The Morgan fingerprint density at radius 3 is 2.27 bits per heavy atom. The van der Waals surface area contributed by atoms with E-state index in [4.69, 9.17) is 4.74 Å². The highest BCUT2D eigenvalue weighted by Gasteiger charge is 2.28. The zero-order valence-corrected chi connectivity index (χ0v) is 16.9. The van der Waals surface area contributed by atoms with Gasteiger partial charge in [0.2, 0.25) is 6.10 Å². The van der Waals surface area contributed by atoms with Gasteiger partial charge < -0.3 is 20.1 Å². The van der Waals surface area contributed by atoms with Gasteiger partial charge in [0.05, 0.1) is 6.10 Å². The van der Waals surface area contributed by atoms with Gasteiger partial charge in [-0.3, -0.25) is 4.79 Å². The second kappa shape index (κ2) is 8.92. The summed E-state index contributed by atoms with van der Waals surface area (Å²) in [6.45, 7) is 5.07. The molecule has 6 nitrogen and oxygen atoms in total. The lowest BCUT2D eigenvalue weighted by Gasteiger charge is -2.18. The summed E-state index contributed by atoms with van der Waals surface area (Å²) in [5.74, 6) is -1.71. The normalized spacial score (nSPS) is 12.8. The molecule has 1 aromatic heterocycles. The van der Waals surface area contributed by atoms with Crippen LogP contribution in [0.25, 0.3) is 0 Å². The van der Waals surface area contributed by atoms with E-state index in [1.54, 1.807) is 51.1 Å². The maximum Gasteiger partial charge on any atom is 0.356 e. The maximum absolute atomic E-state index is 13.1. The number of aromatic amines is 1. The molecule has 0 unspecified atom stereocenters. The molecule has 0 saturated carbocycles. The van der Waals surface area contributed by atoms with Crippen molar-refractivity contribution in [2.24, 2.45) is 0 Å². The number of esters is 1. The van der Waals surface area contributed by atoms with Crippen LogP contribution in [0.2, 0.25) is 0 Å². The Balaban J connectivity index is 1.88. The van der Waals surface area contributed by atoms with E-state index in [9.17, 15) is 19.1 Å². The second-order valence-electron chi connectivity index (χ2n) is 7.03. The standard InChI is InChI=1S/C23H23FN2O4/c1-13-19(15(3)27)14(2)25-20(13)23(29)30-21(16-7-5-4-6-8-16)22(28)26-18-11-9-17(24)10-12-18/h4-12,15,21,25,27H,1-3H3,(H,26,28)/t15-,21+/m1/s1. The lowest BCUT2D eigenvalue weighted by molar-refractivity contribution is -0.125. The summed E-state index contributed by atoms with van der Waals surface area (Å²) in [7, 11) is 0. The number of H-pyrrole nitrogens is 1. The molecule has 30 heavy (non-hydrogen) atoms. The molecule has 0 fully saturated rings. The third-order valence-electron chi connectivity index (χ3n) is 4.79. The number of aliphatic hydroxyl groups is 1. The van der Waals surface area contributed by atoms with Crippen molar-refractivity contribution >= 4 is 17.6 Å². The van der Waals surface area contributed by atoms with E-state index < -0.39 is 29.9 Å². The van der Waals surface area contributed by atoms with Crippen LogP contribution < -0.4 is 5.32 Å². The fraction of sp³-hybridized carbons (Fsp3) is 0.217. The first-order valence-electron chi connectivity index (χ1n) is 9.47. The molecule has 1 amide bonds. The minimum atomic E-state index is -1.22. The third-order valence-corrected chi connectivity index (χ3v) is 4.79. The highest BCUT2D eigenvalue weighted by molar-refractivity contribution is 5.98. The number of hydrogen-bond donors (Lipinski definition) is 3. The van der Waals surface area contributed by atoms with Crippen molar-refractivity contribution in [1.29, 1.82) is 0 Å². The molecule has 0 saturated heterocycles. The molecule has 156 valence electrons. The van der Waals surface area contributed by atoms with Gasteiger partial charge in [0, 0.05) is 22.5 Å². The molecule has 3 N–H and O–H groups in total. The summed E-state index contributed by atoms with van der Waals surface area (Å²) in [6, 6.07) is 13.9. The van der Waals surface area contributed by atoms with E-state index in [0.29, 0.717) is 28.1 Å². The summed E-state index contributed by atoms with van der Waals surface area (Å²) in [6.07, 6.45) is -1.98. The number of nitrogens with one attached hydrogen (secondary N) is 2. The predicted molar refractivity (Wildman–Crippen MR) is 111 cm³/mol. The Kier molecular flexibility index (Phi) is 6.32. The van der Waals surface area contributed by atoms with Crippen LogP contribution in [-0.2, 0) is 9.53 Å². The Morgan fingerprint density at radius 1 is 1.07 bits per heavy atom. The molecule has 0 aliphatic rings. The van der Waals surface area contributed by atoms with Crippen LogP contribution >= 0.6 is 0 Å². The monoisotopic (exact) mass is 410 g/mol. The molecule has 0 spiro atoms. The first-order chi connectivity index (χ1) is 14.3. The second-order valence-corrected chi connectivity index (χ2v) is 7.03. The first-order valence-corrected chi connectivity index (χ1v) is 9.47. The Bertz CT molecular complexity index is 1040. The maximum atomic E-state index is 13.1. The van der Waals surface area contributed by atoms with Crippen molar-refractivity contribution in [2.75, 3.05) is 5.32 Å². The van der Waals surface area contributed by atoms with Crippen molar-refractivity contribution < 1.29 is 23.8 Å². The zero-order valence-electron chi connectivity index (χ0n) is 16.9. The number of rotatable bonds is 6. The molecule has 2 aromatic carbocycles. The van der Waals surface area contributed by atoms with Crippen LogP contribution in [0.5, 0.6) is 0 Å². The van der Waals surface area contributed by atoms with E-state index >= 15 is 0 Å². The Hall–Kier alpha value is -3.45. The molecule has 2 atom stereocenters. The molecule has 3 aromatic rings. The quantitative estimate of drug-likeness (QED) is 0.527. The van der Waals surface area contributed by atoms with Crippen LogP contribution in [0.3, 0.4) is 0 Å². The fourth-order valence-electron chi connectivity index (χ4n) is 3.40. The topological polar surface area (TPSA) is 91.4 Å². The number of aliphatic hydroxyl groups excluding tert-OH is 1. The molecule has 3 rings (SSSR count). The highest BCUT2D eigenvalue weighted by atomic mass is 19.1. The van der Waals surface area contributed by atoms with Crippen molar-refractivity contribution in [3.8, 4) is 0 Å². The summed E-state index contributed by atoms with van der Waals surface area (Å²) in [5, 5.41) is 12.6. The molecule has 1 heterocycles. The molecule has 0 bridgehead atoms. The summed E-state index contributed by atoms with van der Waals surface area (Å²) in [4.78, 5) is 28.7. The summed E-state index contributed by atoms with van der Waals surface area (Å²) < 4.78 is 18.7. The van der Waals surface area contributed by atoms with Gasteiger partial charge in [-0.05, 0) is 50.6 Å². The number of aromatic nitrogens is 1. The Labute approximate surface area is 173 Å². The lowest BCUT2D eigenvalue weighted by Crippen LogP contribution is -2.26. The van der Waals surface area contributed by atoms with Crippen LogP contribution in [0, 0.1) is 19.7 Å². The average Bonchev–Trinajstić information content (AvgIpc) is 3.02. The number of aryl methyl sites for hydroxylation is 1. The van der Waals surface area contributed by atoms with Gasteiger partial charge >= 0.3 is 5.97 Å². The number of ether oxygens (including phenoxy) is 1. The lowest BCUT2D eigenvalue weighted by atomic mass is 10.1. The number of amides is 1. The third kappa shape index (κ3) is 4.58. The predicted octanol–water partition coefficient (Wildman–Crippen LogP) is 4.36. The van der Waals surface area contributed by atoms with Gasteiger partial charge in [0.15, 0.2) is 0 Å². The van der Waals surface area contributed by atoms with Gasteiger partial charge in [-0.25, -0.2) is 9.18 Å². The summed E-state index contributed by atoms with van der Waals surface area (Å²) >= 11 is 0. The molecular formula is C23H23FN2O4. The van der Waals surface area contributed by atoms with Gasteiger partial charge in [-0.1, -0.05) is 30.3 Å². The average molecular weight is 410 g/mol. The highest BCUT2D eigenvalue weighted by Crippen LogP contribution is 2.27. The first kappa shape index (κ1) is 21.3. The van der Waals surface area contributed by atoms with Crippen molar-refractivity contribution in [3.05, 3.63) is 88.5 Å². The number of anilines is 1. The molecule has 0 aliphatic carbocycles. The smallest absolute Gasteiger partial charge is 0.356 e. The van der Waals surface area contributed by atoms with Crippen molar-refractivity contribution in [2.45, 2.75) is 33.0 Å². The van der Waals surface area contributed by atoms with Crippen LogP contribution in [0.1, 0.15) is 52.0 Å². The Morgan fingerprint density at radius 2 is 1.70 bits per heavy atom. The zero-order chi connectivity index (χ0) is 21.8. The minimum Gasteiger partial charge on any atom is -0.443 e. The number of halogens is 1. The van der Waals surface area contributed by atoms with Gasteiger partial charge in [0.25, 0.3) is 5.91 Å². The van der Waals surface area contributed by atoms with E-state index in [2.05, 4.69) is 10.3 Å². The molecule has 0 radical (unpaired) electrons. The van der Waals surface area contributed by atoms with E-state index in [1.807, 2.05) is 0 Å². The van der Waals surface area contributed by atoms with Gasteiger partial charge in [0.1, 0.15) is 11.5 Å². The van der Waals surface area contributed by atoms with Crippen molar-refractivity contribution in [1.82, 2.24) is 4.98 Å². The van der Waals surface area contributed by atoms with Gasteiger partial charge in [-0.15, -0.1) is 0 Å². The molecule has 0 aliphatic heterocycles. The van der Waals surface area contributed by atoms with Crippen molar-refractivity contribution in [3.63, 3.8) is 0 Å². The van der Waals surface area contributed by atoms with Crippen LogP contribution in [0.4, 0.5) is 10.1 Å². The van der Waals surface area contributed by atoms with E-state index in [-0.39, 0.29) is 5.69 Å². The fourth-order valence-corrected chi connectivity index (χ4v) is 3.40. The van der Waals surface area contributed by atoms with Crippen LogP contribution in [0.15, 0.2) is 54.6 Å². The molecule has 7 heteroatoms. The number of benzene rings is 2. The summed E-state index contributed by atoms with van der Waals surface area (Å²) in [5.41, 5.74) is 2.89. The number of carbonyl (C=O) groups is 2. The van der Waals surface area contributed by atoms with Gasteiger partial charge in [-0.2, -0.15) is 0 Å². The SMILES string of the molecule is Cc1[nH]c(C(=O)O[C@H](C(=O)Nc2ccc(F)cc2)c2ccccc2)c(C)c1[C@@H](C)O. The van der Waals surface area contributed by atoms with Crippen LogP contribution in [-0.4, -0.2) is 22.0 Å². The minimum absolute atomic E-state index is 0.180. The van der Waals surface area contributed by atoms with E-state index in [1.165, 1.54) is 24.3 Å². The largest absolute Gasteiger partial charge is 0.443 e. The van der Waals surface area contributed by atoms with E-state index in [0.717, 1.165) is 0 Å². The number of hydrogen-bond acceptors (Lipinski definition) is 4. The number of carbonyl (C=O) groups excluding carboxylic acids is 2.